The molecule has 2 aromatic rings. The molecule has 0 aliphatic heterocycles. The highest BCUT2D eigenvalue weighted by Gasteiger charge is 2.08. The lowest BCUT2D eigenvalue weighted by molar-refractivity contribution is 0.183. The molecule has 0 aliphatic carbocycles. The number of nitrogens with one attached hydrogen (secondary N) is 2. The van der Waals surface area contributed by atoms with Crippen LogP contribution in [-0.2, 0) is 6.42 Å². The molecule has 0 heterocycles. The molecule has 0 aliphatic rings. The summed E-state index contributed by atoms with van der Waals surface area (Å²) in [5.41, 5.74) is 2.43. The van der Waals surface area contributed by atoms with Gasteiger partial charge in [-0.2, -0.15) is 0 Å². The molecule has 26 heavy (non-hydrogen) atoms. The first-order chi connectivity index (χ1) is 12.2. The second kappa shape index (κ2) is 12.7. The summed E-state index contributed by atoms with van der Waals surface area (Å²) >= 11 is 0. The van der Waals surface area contributed by atoms with E-state index in [1.54, 1.807) is 0 Å². The molecule has 2 unspecified atom stereocenters. The van der Waals surface area contributed by atoms with Crippen LogP contribution in [-0.4, -0.2) is 36.8 Å². The highest BCUT2D eigenvalue weighted by molar-refractivity contribution is 14.0. The Balaban J connectivity index is 0.00000338. The maximum absolute atomic E-state index is 10.2. The molecular formula is C21H30IN3O. The maximum atomic E-state index is 10.2. The van der Waals surface area contributed by atoms with Crippen molar-refractivity contribution < 1.29 is 5.11 Å². The van der Waals surface area contributed by atoms with Crippen LogP contribution in [0.1, 0.15) is 30.9 Å². The van der Waals surface area contributed by atoms with Crippen LogP contribution >= 0.6 is 24.0 Å². The van der Waals surface area contributed by atoms with Crippen molar-refractivity contribution in [3.8, 4) is 0 Å². The third kappa shape index (κ3) is 8.19. The van der Waals surface area contributed by atoms with Crippen LogP contribution in [0.2, 0.25) is 0 Å². The van der Waals surface area contributed by atoms with Crippen molar-refractivity contribution in [2.45, 2.75) is 32.3 Å². The van der Waals surface area contributed by atoms with Gasteiger partial charge in [0.25, 0.3) is 0 Å². The van der Waals surface area contributed by atoms with Crippen LogP contribution in [0.15, 0.2) is 65.7 Å². The molecule has 2 aromatic carbocycles. The van der Waals surface area contributed by atoms with E-state index in [-0.39, 0.29) is 24.0 Å². The average molecular weight is 467 g/mol. The normalized spacial score (nSPS) is 13.4. The van der Waals surface area contributed by atoms with Crippen LogP contribution in [0.3, 0.4) is 0 Å². The van der Waals surface area contributed by atoms with E-state index in [4.69, 9.17) is 0 Å². The zero-order valence-electron chi connectivity index (χ0n) is 15.6. The quantitative estimate of drug-likeness (QED) is 0.316. The smallest absolute Gasteiger partial charge is 0.191 e. The largest absolute Gasteiger partial charge is 0.391 e. The van der Waals surface area contributed by atoms with E-state index in [1.807, 2.05) is 43.3 Å². The molecule has 0 radical (unpaired) electrons. The zero-order valence-corrected chi connectivity index (χ0v) is 17.9. The topological polar surface area (TPSA) is 56.7 Å². The Bertz CT molecular complexity index is 634. The monoisotopic (exact) mass is 467 g/mol. The summed E-state index contributed by atoms with van der Waals surface area (Å²) in [6.45, 7) is 6.20. The number of rotatable bonds is 8. The third-order valence-corrected chi connectivity index (χ3v) is 4.06. The second-order valence-electron chi connectivity index (χ2n) is 6.26. The van der Waals surface area contributed by atoms with Gasteiger partial charge in [0.05, 0.1) is 12.6 Å². The van der Waals surface area contributed by atoms with Crippen LogP contribution in [0.5, 0.6) is 0 Å². The van der Waals surface area contributed by atoms with Gasteiger partial charge in [-0.25, -0.2) is 0 Å². The molecule has 0 amide bonds. The minimum absolute atomic E-state index is 0. The van der Waals surface area contributed by atoms with Crippen LogP contribution in [0, 0.1) is 0 Å². The Kier molecular flexibility index (Phi) is 11.0. The first-order valence-corrected chi connectivity index (χ1v) is 8.98. The van der Waals surface area contributed by atoms with E-state index in [2.05, 4.69) is 46.8 Å². The van der Waals surface area contributed by atoms with Crippen molar-refractivity contribution in [2.75, 3.05) is 19.6 Å². The standard InChI is InChI=1S/C21H29N3O.HI/c1-3-22-21(23-15-17(2)19-12-8-5-9-13-19)24-16-20(25)14-18-10-6-4-7-11-18;/h4-13,17,20,25H,3,14-16H2,1-2H3,(H2,22,23,24);1H. The minimum Gasteiger partial charge on any atom is -0.391 e. The Labute approximate surface area is 174 Å². The van der Waals surface area contributed by atoms with Crippen LogP contribution in [0.4, 0.5) is 0 Å². The van der Waals surface area contributed by atoms with Gasteiger partial charge >= 0.3 is 0 Å². The van der Waals surface area contributed by atoms with E-state index in [0.717, 1.165) is 24.6 Å². The second-order valence-corrected chi connectivity index (χ2v) is 6.26. The molecule has 0 fully saturated rings. The lowest BCUT2D eigenvalue weighted by Gasteiger charge is -2.17. The minimum atomic E-state index is -0.482. The van der Waals surface area contributed by atoms with Crippen molar-refractivity contribution in [3.05, 3.63) is 71.8 Å². The average Bonchev–Trinajstić information content (AvgIpc) is 2.65. The molecule has 0 saturated heterocycles. The van der Waals surface area contributed by atoms with Gasteiger partial charge in [0.15, 0.2) is 5.96 Å². The van der Waals surface area contributed by atoms with E-state index < -0.39 is 6.10 Å². The Morgan fingerprint density at radius 1 is 1.00 bits per heavy atom. The lowest BCUT2D eigenvalue weighted by Crippen LogP contribution is -2.39. The fourth-order valence-electron chi connectivity index (χ4n) is 2.64. The van der Waals surface area contributed by atoms with Gasteiger partial charge in [-0.15, -0.1) is 24.0 Å². The summed E-state index contributed by atoms with van der Waals surface area (Å²) in [7, 11) is 0. The van der Waals surface area contributed by atoms with E-state index >= 15 is 0 Å². The van der Waals surface area contributed by atoms with Crippen LogP contribution < -0.4 is 10.6 Å². The van der Waals surface area contributed by atoms with Gasteiger partial charge in [-0.3, -0.25) is 4.99 Å². The molecule has 5 heteroatoms. The molecular weight excluding hydrogens is 437 g/mol. The van der Waals surface area contributed by atoms with Gasteiger partial charge in [-0.05, 0) is 24.0 Å². The lowest BCUT2D eigenvalue weighted by atomic mass is 10.0. The van der Waals surface area contributed by atoms with Gasteiger partial charge < -0.3 is 15.7 Å². The summed E-state index contributed by atoms with van der Waals surface area (Å²) in [6, 6.07) is 20.4. The fourth-order valence-corrected chi connectivity index (χ4v) is 2.64. The highest BCUT2D eigenvalue weighted by atomic mass is 127. The molecule has 3 N–H and O–H groups in total. The van der Waals surface area contributed by atoms with E-state index in [0.29, 0.717) is 18.9 Å². The first kappa shape index (κ1) is 22.4. The molecule has 0 spiro atoms. The van der Waals surface area contributed by atoms with Gasteiger partial charge in [0, 0.05) is 19.5 Å². The van der Waals surface area contributed by atoms with Crippen molar-refractivity contribution >= 4 is 29.9 Å². The van der Waals surface area contributed by atoms with Crippen LogP contribution in [0.25, 0.3) is 0 Å². The molecule has 142 valence electrons. The van der Waals surface area contributed by atoms with Crippen molar-refractivity contribution in [1.82, 2.24) is 10.6 Å². The van der Waals surface area contributed by atoms with Crippen molar-refractivity contribution in [2.24, 2.45) is 4.99 Å². The molecule has 4 nitrogen and oxygen atoms in total. The number of halogens is 1. The first-order valence-electron chi connectivity index (χ1n) is 8.98. The van der Waals surface area contributed by atoms with Crippen molar-refractivity contribution in [1.29, 1.82) is 0 Å². The number of nitrogens with zero attached hydrogens (tertiary/aromatic N) is 1. The summed E-state index contributed by atoms with van der Waals surface area (Å²) in [5.74, 6) is 1.14. The number of aliphatic imine (C=N–C) groups is 1. The SMILES string of the molecule is CCNC(=NCC(O)Cc1ccccc1)NCC(C)c1ccccc1.I. The summed E-state index contributed by atoms with van der Waals surface area (Å²) in [6.07, 6.45) is 0.133. The molecule has 2 atom stereocenters. The van der Waals surface area contributed by atoms with Gasteiger partial charge in [0.2, 0.25) is 0 Å². The number of hydrogen-bond acceptors (Lipinski definition) is 2. The Hall–Kier alpha value is -1.60. The number of guanidine groups is 1. The number of hydrogen-bond donors (Lipinski definition) is 3. The Morgan fingerprint density at radius 3 is 2.23 bits per heavy atom. The van der Waals surface area contributed by atoms with Crippen molar-refractivity contribution in [3.63, 3.8) is 0 Å². The van der Waals surface area contributed by atoms with E-state index in [9.17, 15) is 5.11 Å². The predicted octanol–water partition coefficient (Wildman–Crippen LogP) is 3.57. The van der Waals surface area contributed by atoms with Gasteiger partial charge in [0.1, 0.15) is 0 Å². The molecule has 0 aromatic heterocycles. The zero-order chi connectivity index (χ0) is 17.9. The fraction of sp³-hybridized carbons (Fsp3) is 0.381. The molecule has 2 rings (SSSR count). The summed E-state index contributed by atoms with van der Waals surface area (Å²) in [5, 5.41) is 16.8. The van der Waals surface area contributed by atoms with E-state index in [1.165, 1.54) is 5.56 Å². The number of aliphatic hydroxyl groups is 1. The highest BCUT2D eigenvalue weighted by Crippen LogP contribution is 2.12. The number of benzene rings is 2. The van der Waals surface area contributed by atoms with Gasteiger partial charge in [-0.1, -0.05) is 67.6 Å². The summed E-state index contributed by atoms with van der Waals surface area (Å²) < 4.78 is 0. The number of aliphatic hydroxyl groups excluding tert-OH is 1. The third-order valence-electron chi connectivity index (χ3n) is 4.06. The molecule has 0 bridgehead atoms. The molecule has 0 saturated carbocycles. The Morgan fingerprint density at radius 2 is 1.62 bits per heavy atom. The maximum Gasteiger partial charge on any atom is 0.191 e. The predicted molar refractivity (Wildman–Crippen MR) is 120 cm³/mol. The summed E-state index contributed by atoms with van der Waals surface area (Å²) in [4.78, 5) is 4.52.